The molecular weight excluding hydrogens is 274 g/mol. The summed E-state index contributed by atoms with van der Waals surface area (Å²) in [6.45, 7) is 9.92. The van der Waals surface area contributed by atoms with Crippen LogP contribution < -0.4 is 5.32 Å². The van der Waals surface area contributed by atoms with Gasteiger partial charge in [-0.3, -0.25) is 4.68 Å². The molecule has 20 heavy (non-hydrogen) atoms. The molecule has 2 atom stereocenters. The van der Waals surface area contributed by atoms with Crippen LogP contribution >= 0.6 is 11.6 Å². The summed E-state index contributed by atoms with van der Waals surface area (Å²) in [5.41, 5.74) is 2.11. The number of rotatable bonds is 7. The van der Waals surface area contributed by atoms with Crippen LogP contribution in [0.25, 0.3) is 0 Å². The Bertz CT molecular complexity index is 433. The number of aryl methyl sites for hydroxylation is 2. The van der Waals surface area contributed by atoms with Crippen molar-refractivity contribution >= 4 is 11.6 Å². The summed E-state index contributed by atoms with van der Waals surface area (Å²) >= 11 is 6.41. The number of ether oxygens (including phenoxy) is 1. The first-order valence-corrected chi connectivity index (χ1v) is 8.15. The fourth-order valence-corrected chi connectivity index (χ4v) is 3.28. The van der Waals surface area contributed by atoms with E-state index in [2.05, 4.69) is 31.2 Å². The Morgan fingerprint density at radius 1 is 1.40 bits per heavy atom. The van der Waals surface area contributed by atoms with Gasteiger partial charge < -0.3 is 10.1 Å². The Kier molecular flexibility index (Phi) is 5.87. The highest BCUT2D eigenvalue weighted by atomic mass is 35.5. The summed E-state index contributed by atoms with van der Waals surface area (Å²) in [6.07, 6.45) is 3.56. The Morgan fingerprint density at radius 2 is 2.20 bits per heavy atom. The maximum absolute atomic E-state index is 6.41. The van der Waals surface area contributed by atoms with E-state index in [1.165, 1.54) is 0 Å². The van der Waals surface area contributed by atoms with E-state index >= 15 is 0 Å². The Morgan fingerprint density at radius 3 is 2.85 bits per heavy atom. The molecule has 1 aliphatic rings. The van der Waals surface area contributed by atoms with Gasteiger partial charge in [-0.15, -0.1) is 0 Å². The highest BCUT2D eigenvalue weighted by molar-refractivity contribution is 6.31. The van der Waals surface area contributed by atoms with Crippen molar-refractivity contribution < 1.29 is 4.74 Å². The van der Waals surface area contributed by atoms with Gasteiger partial charge in [0, 0.05) is 26.2 Å². The third-order valence-corrected chi connectivity index (χ3v) is 4.58. The molecule has 0 amide bonds. The third-order valence-electron chi connectivity index (χ3n) is 4.14. The van der Waals surface area contributed by atoms with Crippen LogP contribution in [-0.2, 0) is 24.2 Å². The van der Waals surface area contributed by atoms with Gasteiger partial charge in [-0.2, -0.15) is 5.10 Å². The maximum atomic E-state index is 6.41. The van der Waals surface area contributed by atoms with Crippen molar-refractivity contribution in [3.8, 4) is 0 Å². The van der Waals surface area contributed by atoms with Crippen molar-refractivity contribution in [2.75, 3.05) is 13.2 Å². The first-order valence-electron chi connectivity index (χ1n) is 7.77. The number of halogens is 1. The summed E-state index contributed by atoms with van der Waals surface area (Å²) in [5.74, 6) is 0.627. The summed E-state index contributed by atoms with van der Waals surface area (Å²) in [4.78, 5) is 0. The molecule has 5 heteroatoms. The molecule has 0 aromatic carbocycles. The zero-order valence-electron chi connectivity index (χ0n) is 12.8. The second-order valence-corrected chi connectivity index (χ2v) is 5.75. The lowest BCUT2D eigenvalue weighted by atomic mass is 10.00. The van der Waals surface area contributed by atoms with Crippen LogP contribution in [0.3, 0.4) is 0 Å². The summed E-state index contributed by atoms with van der Waals surface area (Å²) in [6, 6.07) is 0. The van der Waals surface area contributed by atoms with Gasteiger partial charge in [-0.05, 0) is 32.1 Å². The number of hydrogen-bond acceptors (Lipinski definition) is 3. The zero-order chi connectivity index (χ0) is 14.5. The second-order valence-electron chi connectivity index (χ2n) is 5.37. The van der Waals surface area contributed by atoms with Crippen molar-refractivity contribution in [3.63, 3.8) is 0 Å². The predicted octanol–water partition coefficient (Wildman–Crippen LogP) is 3.02. The highest BCUT2D eigenvalue weighted by Crippen LogP contribution is 2.24. The molecule has 1 fully saturated rings. The van der Waals surface area contributed by atoms with Gasteiger partial charge in [0.05, 0.1) is 22.5 Å². The molecule has 2 unspecified atom stereocenters. The molecule has 1 saturated heterocycles. The van der Waals surface area contributed by atoms with Crippen molar-refractivity contribution in [2.24, 2.45) is 5.92 Å². The number of hydrogen-bond donors (Lipinski definition) is 1. The minimum atomic E-state index is 0.417. The monoisotopic (exact) mass is 299 g/mol. The van der Waals surface area contributed by atoms with Crippen LogP contribution in [0.1, 0.15) is 45.0 Å². The van der Waals surface area contributed by atoms with E-state index < -0.39 is 0 Å². The third kappa shape index (κ3) is 3.35. The molecule has 0 spiro atoms. The fourth-order valence-electron chi connectivity index (χ4n) is 2.94. The molecule has 2 rings (SSSR count). The van der Waals surface area contributed by atoms with Crippen LogP contribution in [0.5, 0.6) is 0 Å². The van der Waals surface area contributed by atoms with Gasteiger partial charge >= 0.3 is 0 Å². The van der Waals surface area contributed by atoms with Crippen LogP contribution in [0.4, 0.5) is 0 Å². The lowest BCUT2D eigenvalue weighted by Crippen LogP contribution is -2.28. The SMILES string of the molecule is CCc1nn(CC)c(CNCC2CCOC2CC)c1Cl. The molecule has 0 saturated carbocycles. The van der Waals surface area contributed by atoms with E-state index in [1.807, 2.05) is 4.68 Å². The first kappa shape index (κ1) is 15.8. The van der Waals surface area contributed by atoms with E-state index in [9.17, 15) is 0 Å². The summed E-state index contributed by atoms with van der Waals surface area (Å²) in [7, 11) is 0. The van der Waals surface area contributed by atoms with Gasteiger partial charge in [0.15, 0.2) is 0 Å². The topological polar surface area (TPSA) is 39.1 Å². The van der Waals surface area contributed by atoms with Gasteiger partial charge in [0.1, 0.15) is 0 Å². The molecule has 0 aliphatic carbocycles. The van der Waals surface area contributed by atoms with Crippen molar-refractivity contribution in [1.29, 1.82) is 0 Å². The standard InChI is InChI=1S/C15H26ClN3O/c1-4-12-15(16)13(19(6-3)18-12)10-17-9-11-7-8-20-14(11)5-2/h11,14,17H,4-10H2,1-3H3. The normalized spacial score (nSPS) is 22.6. The van der Waals surface area contributed by atoms with E-state index in [4.69, 9.17) is 16.3 Å². The minimum absolute atomic E-state index is 0.417. The van der Waals surface area contributed by atoms with E-state index in [-0.39, 0.29) is 0 Å². The zero-order valence-corrected chi connectivity index (χ0v) is 13.5. The average Bonchev–Trinajstić information content (AvgIpc) is 3.04. The number of aromatic nitrogens is 2. The molecule has 2 heterocycles. The van der Waals surface area contributed by atoms with Crippen LogP contribution in [0, 0.1) is 5.92 Å². The quantitative estimate of drug-likeness (QED) is 0.841. The van der Waals surface area contributed by atoms with Crippen molar-refractivity contribution in [1.82, 2.24) is 15.1 Å². The second kappa shape index (κ2) is 7.43. The van der Waals surface area contributed by atoms with Crippen molar-refractivity contribution in [3.05, 3.63) is 16.4 Å². The predicted molar refractivity (Wildman–Crippen MR) is 82.1 cm³/mol. The fraction of sp³-hybridized carbons (Fsp3) is 0.800. The van der Waals surface area contributed by atoms with Crippen LogP contribution in [0.2, 0.25) is 5.02 Å². The molecule has 114 valence electrons. The van der Waals surface area contributed by atoms with Crippen LogP contribution in [0.15, 0.2) is 0 Å². The average molecular weight is 300 g/mol. The summed E-state index contributed by atoms with van der Waals surface area (Å²) < 4.78 is 7.73. The van der Waals surface area contributed by atoms with Crippen LogP contribution in [-0.4, -0.2) is 29.0 Å². The molecule has 0 radical (unpaired) electrons. The smallest absolute Gasteiger partial charge is 0.0863 e. The molecule has 1 aromatic rings. The van der Waals surface area contributed by atoms with E-state index in [0.29, 0.717) is 12.0 Å². The molecule has 4 nitrogen and oxygen atoms in total. The van der Waals surface area contributed by atoms with Crippen molar-refractivity contribution in [2.45, 2.75) is 59.2 Å². The van der Waals surface area contributed by atoms with Gasteiger partial charge in [-0.25, -0.2) is 0 Å². The van der Waals surface area contributed by atoms with Gasteiger partial charge in [-0.1, -0.05) is 25.4 Å². The molecule has 1 aromatic heterocycles. The first-order chi connectivity index (χ1) is 9.71. The number of nitrogens with zero attached hydrogens (tertiary/aromatic N) is 2. The Labute approximate surface area is 126 Å². The molecule has 0 bridgehead atoms. The molecule has 1 aliphatic heterocycles. The maximum Gasteiger partial charge on any atom is 0.0863 e. The number of nitrogens with one attached hydrogen (secondary N) is 1. The highest BCUT2D eigenvalue weighted by Gasteiger charge is 2.26. The lowest BCUT2D eigenvalue weighted by Gasteiger charge is -2.17. The molecular formula is C15H26ClN3O. The van der Waals surface area contributed by atoms with E-state index in [1.54, 1.807) is 0 Å². The molecule has 1 N–H and O–H groups in total. The minimum Gasteiger partial charge on any atom is -0.378 e. The van der Waals surface area contributed by atoms with Gasteiger partial charge in [0.25, 0.3) is 0 Å². The summed E-state index contributed by atoms with van der Waals surface area (Å²) in [5, 5.41) is 8.91. The Hall–Kier alpha value is -0.580. The Balaban J connectivity index is 1.92. The van der Waals surface area contributed by atoms with E-state index in [0.717, 1.165) is 61.9 Å². The van der Waals surface area contributed by atoms with Gasteiger partial charge in [0.2, 0.25) is 0 Å². The lowest BCUT2D eigenvalue weighted by molar-refractivity contribution is 0.0872. The largest absolute Gasteiger partial charge is 0.378 e.